The zero-order valence-electron chi connectivity index (χ0n) is 7.90. The first-order valence-electron chi connectivity index (χ1n) is 4.40. The molecule has 0 radical (unpaired) electrons. The molecule has 0 aliphatic rings. The number of nitrogens with two attached hydrogens (primary N) is 1. The van der Waals surface area contributed by atoms with Crippen LogP contribution in [0.1, 0.15) is 10.4 Å². The van der Waals surface area contributed by atoms with E-state index in [1.165, 1.54) is 17.1 Å². The minimum atomic E-state index is 0.501. The van der Waals surface area contributed by atoms with E-state index in [1.807, 2.05) is 18.2 Å². The van der Waals surface area contributed by atoms with Gasteiger partial charge in [-0.2, -0.15) is 0 Å². The molecule has 4 heteroatoms. The fourth-order valence-electron chi connectivity index (χ4n) is 1.39. The zero-order chi connectivity index (χ0) is 9.97. The van der Waals surface area contributed by atoms with Crippen LogP contribution in [-0.2, 0) is 6.54 Å². The predicted octanol–water partition coefficient (Wildman–Crippen LogP) is 1.97. The molecule has 0 unspecified atom stereocenters. The third kappa shape index (κ3) is 1.54. The first kappa shape index (κ1) is 9.30. The van der Waals surface area contributed by atoms with Crippen LogP contribution in [0.5, 0.6) is 0 Å². The Kier molecular flexibility index (Phi) is 2.56. The summed E-state index contributed by atoms with van der Waals surface area (Å²) < 4.78 is 3.92. The Morgan fingerprint density at radius 2 is 2.14 bits per heavy atom. The number of nitrogens with zero attached hydrogens (tertiary/aromatic N) is 2. The molecule has 0 fully saturated rings. The summed E-state index contributed by atoms with van der Waals surface area (Å²) in [6, 6.07) is 8.13. The number of hydrogen-bond donors (Lipinski definition) is 1. The summed E-state index contributed by atoms with van der Waals surface area (Å²) in [6.07, 6.45) is 0. The highest BCUT2D eigenvalue weighted by molar-refractivity contribution is 7.05. The van der Waals surface area contributed by atoms with Crippen LogP contribution in [0.15, 0.2) is 24.3 Å². The largest absolute Gasteiger partial charge is 0.326 e. The summed E-state index contributed by atoms with van der Waals surface area (Å²) in [5.74, 6) is 0. The molecule has 0 spiro atoms. The van der Waals surface area contributed by atoms with Gasteiger partial charge < -0.3 is 5.73 Å². The van der Waals surface area contributed by atoms with Crippen LogP contribution >= 0.6 is 11.5 Å². The van der Waals surface area contributed by atoms with Crippen LogP contribution in [-0.4, -0.2) is 9.59 Å². The van der Waals surface area contributed by atoms with Crippen molar-refractivity contribution in [3.63, 3.8) is 0 Å². The van der Waals surface area contributed by atoms with Crippen molar-refractivity contribution in [2.24, 2.45) is 5.73 Å². The summed E-state index contributed by atoms with van der Waals surface area (Å²) in [5, 5.41) is 4.11. The minimum absolute atomic E-state index is 0.501. The van der Waals surface area contributed by atoms with Gasteiger partial charge in [-0.15, -0.1) is 5.10 Å². The smallest absolute Gasteiger partial charge is 0.110 e. The Bertz CT molecular complexity index is 436. The Morgan fingerprint density at radius 3 is 2.86 bits per heavy atom. The van der Waals surface area contributed by atoms with Crippen LogP contribution < -0.4 is 5.73 Å². The second-order valence-electron chi connectivity index (χ2n) is 3.06. The summed E-state index contributed by atoms with van der Waals surface area (Å²) >= 11 is 1.37. The molecule has 1 aromatic heterocycles. The minimum Gasteiger partial charge on any atom is -0.326 e. The van der Waals surface area contributed by atoms with Gasteiger partial charge in [-0.05, 0) is 24.0 Å². The first-order chi connectivity index (χ1) is 6.83. The fraction of sp³-hybridized carbons (Fsp3) is 0.200. The lowest BCUT2D eigenvalue weighted by molar-refractivity contribution is 1.08. The topological polar surface area (TPSA) is 51.8 Å². The number of rotatable bonds is 2. The highest BCUT2D eigenvalue weighted by Crippen LogP contribution is 2.25. The van der Waals surface area contributed by atoms with Crippen LogP contribution in [0.3, 0.4) is 0 Å². The van der Waals surface area contributed by atoms with Gasteiger partial charge in [-0.3, -0.25) is 0 Å². The van der Waals surface area contributed by atoms with Crippen molar-refractivity contribution in [2.75, 3.05) is 0 Å². The second kappa shape index (κ2) is 3.86. The molecular weight excluding hydrogens is 194 g/mol. The van der Waals surface area contributed by atoms with Gasteiger partial charge in [0.15, 0.2) is 0 Å². The molecule has 1 aromatic carbocycles. The van der Waals surface area contributed by atoms with Crippen molar-refractivity contribution >= 4 is 11.5 Å². The average Bonchev–Trinajstić information content (AvgIpc) is 2.66. The van der Waals surface area contributed by atoms with Crippen LogP contribution in [0, 0.1) is 6.92 Å². The molecule has 2 rings (SSSR count). The molecule has 0 atom stereocenters. The van der Waals surface area contributed by atoms with Crippen LogP contribution in [0.4, 0.5) is 0 Å². The lowest BCUT2D eigenvalue weighted by Crippen LogP contribution is -1.96. The van der Waals surface area contributed by atoms with E-state index in [4.69, 9.17) is 5.73 Å². The van der Waals surface area contributed by atoms with Crippen molar-refractivity contribution in [3.05, 3.63) is 34.7 Å². The van der Waals surface area contributed by atoms with E-state index in [2.05, 4.69) is 22.6 Å². The number of benzene rings is 1. The maximum Gasteiger partial charge on any atom is 0.110 e. The molecule has 1 heterocycles. The highest BCUT2D eigenvalue weighted by atomic mass is 32.1. The Labute approximate surface area is 86.7 Å². The average molecular weight is 205 g/mol. The Morgan fingerprint density at radius 1 is 1.36 bits per heavy atom. The fourth-order valence-corrected chi connectivity index (χ4v) is 1.92. The molecule has 72 valence electrons. The summed E-state index contributed by atoms with van der Waals surface area (Å²) in [5.41, 5.74) is 8.87. The maximum atomic E-state index is 5.61. The molecule has 0 aliphatic carbocycles. The van der Waals surface area contributed by atoms with E-state index < -0.39 is 0 Å². The van der Waals surface area contributed by atoms with E-state index in [1.54, 1.807) is 0 Å². The zero-order valence-corrected chi connectivity index (χ0v) is 8.71. The van der Waals surface area contributed by atoms with E-state index in [9.17, 15) is 0 Å². The van der Waals surface area contributed by atoms with Gasteiger partial charge in [0.05, 0.1) is 4.88 Å². The lowest BCUT2D eigenvalue weighted by Gasteiger charge is -2.02. The van der Waals surface area contributed by atoms with Crippen LogP contribution in [0.2, 0.25) is 0 Å². The quantitative estimate of drug-likeness (QED) is 0.815. The van der Waals surface area contributed by atoms with Gasteiger partial charge in [0.1, 0.15) is 5.69 Å². The maximum absolute atomic E-state index is 5.61. The van der Waals surface area contributed by atoms with Crippen molar-refractivity contribution in [2.45, 2.75) is 13.5 Å². The third-order valence-corrected chi connectivity index (χ3v) is 2.89. The SMILES string of the molecule is Cc1ccccc1-c1nnsc1CN. The van der Waals surface area contributed by atoms with E-state index in [-0.39, 0.29) is 0 Å². The summed E-state index contributed by atoms with van der Waals surface area (Å²) in [6.45, 7) is 2.57. The predicted molar refractivity (Wildman–Crippen MR) is 58.0 cm³/mol. The molecule has 2 aromatic rings. The standard InChI is InChI=1S/C10H11N3S/c1-7-4-2-3-5-8(7)10-9(6-11)14-13-12-10/h2-5H,6,11H2,1H3. The summed E-state index contributed by atoms with van der Waals surface area (Å²) in [7, 11) is 0. The molecule has 3 nitrogen and oxygen atoms in total. The Hall–Kier alpha value is -1.26. The van der Waals surface area contributed by atoms with Gasteiger partial charge in [-0.25, -0.2) is 0 Å². The molecule has 0 saturated heterocycles. The highest BCUT2D eigenvalue weighted by Gasteiger charge is 2.10. The van der Waals surface area contributed by atoms with Crippen molar-refractivity contribution < 1.29 is 0 Å². The molecule has 14 heavy (non-hydrogen) atoms. The molecule has 0 saturated carbocycles. The monoisotopic (exact) mass is 205 g/mol. The van der Waals surface area contributed by atoms with Crippen molar-refractivity contribution in [1.29, 1.82) is 0 Å². The van der Waals surface area contributed by atoms with Crippen molar-refractivity contribution in [3.8, 4) is 11.3 Å². The van der Waals surface area contributed by atoms with Gasteiger partial charge in [-0.1, -0.05) is 28.8 Å². The number of hydrogen-bond acceptors (Lipinski definition) is 4. The Balaban J connectivity index is 2.54. The normalized spacial score (nSPS) is 10.4. The van der Waals surface area contributed by atoms with Gasteiger partial charge >= 0.3 is 0 Å². The van der Waals surface area contributed by atoms with E-state index >= 15 is 0 Å². The van der Waals surface area contributed by atoms with Crippen LogP contribution in [0.25, 0.3) is 11.3 Å². The third-order valence-electron chi connectivity index (χ3n) is 2.14. The molecule has 0 amide bonds. The molecule has 0 aliphatic heterocycles. The molecule has 2 N–H and O–H groups in total. The van der Waals surface area contributed by atoms with Gasteiger partial charge in [0.2, 0.25) is 0 Å². The second-order valence-corrected chi connectivity index (χ2v) is 3.90. The van der Waals surface area contributed by atoms with Gasteiger partial charge in [0, 0.05) is 12.1 Å². The molecular formula is C10H11N3S. The molecule has 0 bridgehead atoms. The van der Waals surface area contributed by atoms with E-state index in [0.717, 1.165) is 16.1 Å². The lowest BCUT2D eigenvalue weighted by atomic mass is 10.1. The van der Waals surface area contributed by atoms with E-state index in [0.29, 0.717) is 6.54 Å². The number of aryl methyl sites for hydroxylation is 1. The van der Waals surface area contributed by atoms with Crippen molar-refractivity contribution in [1.82, 2.24) is 9.59 Å². The van der Waals surface area contributed by atoms with Gasteiger partial charge in [0.25, 0.3) is 0 Å². The number of aromatic nitrogens is 2. The summed E-state index contributed by atoms with van der Waals surface area (Å²) in [4.78, 5) is 1.04. The first-order valence-corrected chi connectivity index (χ1v) is 5.17.